The van der Waals surface area contributed by atoms with Crippen molar-refractivity contribution in [2.24, 2.45) is 0 Å². The van der Waals surface area contributed by atoms with Gasteiger partial charge < -0.3 is 33.2 Å². The normalized spacial score (nSPS) is 23.5. The molecule has 0 radical (unpaired) electrons. The summed E-state index contributed by atoms with van der Waals surface area (Å²) in [4.78, 5) is 58.1. The summed E-state index contributed by atoms with van der Waals surface area (Å²) in [5, 5.41) is 0. The highest BCUT2D eigenvalue weighted by atomic mass is 16.7. The minimum Gasteiger partial charge on any atom is -0.463 e. The summed E-state index contributed by atoms with van der Waals surface area (Å²) in [7, 11) is 0. The Kier molecular flexibility index (Phi) is 10.2. The van der Waals surface area contributed by atoms with Crippen LogP contribution in [0.5, 0.6) is 5.75 Å². The van der Waals surface area contributed by atoms with E-state index in [-0.39, 0.29) is 12.4 Å². The molecule has 2 rings (SSSR count). The molecule has 1 aliphatic rings. The van der Waals surface area contributed by atoms with Gasteiger partial charge in [0.25, 0.3) is 0 Å². The van der Waals surface area contributed by atoms with Crippen LogP contribution in [0, 0.1) is 0 Å². The molecule has 1 aliphatic heterocycles. The zero-order chi connectivity index (χ0) is 26.1. The lowest BCUT2D eigenvalue weighted by Crippen LogP contribution is -2.63. The van der Waals surface area contributed by atoms with Crippen LogP contribution in [0.3, 0.4) is 0 Å². The van der Waals surface area contributed by atoms with E-state index in [1.807, 2.05) is 0 Å². The first-order valence-corrected chi connectivity index (χ1v) is 11.0. The number of carbonyl (C=O) groups excluding carboxylic acids is 5. The van der Waals surface area contributed by atoms with Crippen LogP contribution in [0.1, 0.15) is 46.6 Å². The maximum atomic E-state index is 11.9. The van der Waals surface area contributed by atoms with E-state index in [1.54, 1.807) is 24.3 Å². The summed E-state index contributed by atoms with van der Waals surface area (Å²) in [5.74, 6) is -2.37. The Hall–Kier alpha value is -3.47. The lowest BCUT2D eigenvalue weighted by atomic mass is 9.98. The van der Waals surface area contributed by atoms with Gasteiger partial charge in [-0.1, -0.05) is 12.1 Å². The van der Waals surface area contributed by atoms with Gasteiger partial charge in [0.05, 0.1) is 0 Å². The largest absolute Gasteiger partial charge is 0.463 e. The highest BCUT2D eigenvalue weighted by molar-refractivity contribution is 5.75. The van der Waals surface area contributed by atoms with Crippen LogP contribution >= 0.6 is 0 Å². The van der Waals surface area contributed by atoms with Gasteiger partial charge in [0, 0.05) is 34.1 Å². The van der Waals surface area contributed by atoms with Crippen LogP contribution < -0.4 is 4.74 Å². The lowest BCUT2D eigenvalue weighted by Gasteiger charge is -2.43. The molecule has 0 amide bonds. The average molecular weight is 494 g/mol. The molecule has 35 heavy (non-hydrogen) atoms. The lowest BCUT2D eigenvalue weighted by molar-refractivity contribution is -0.288. The molecule has 11 heteroatoms. The Morgan fingerprint density at radius 1 is 0.743 bits per heavy atom. The fourth-order valence-electron chi connectivity index (χ4n) is 3.47. The van der Waals surface area contributed by atoms with Crippen LogP contribution in [-0.2, 0) is 54.1 Å². The molecule has 0 N–H and O–H groups in total. The molecule has 1 saturated heterocycles. The van der Waals surface area contributed by atoms with Gasteiger partial charge in [-0.2, -0.15) is 0 Å². The molecule has 11 nitrogen and oxygen atoms in total. The van der Waals surface area contributed by atoms with Gasteiger partial charge in [-0.15, -0.1) is 0 Å². The first kappa shape index (κ1) is 27.8. The molecule has 0 aliphatic carbocycles. The third-order valence-electron chi connectivity index (χ3n) is 4.89. The smallest absolute Gasteiger partial charge is 0.303 e. The number of benzene rings is 1. The molecular formula is C24H30O11. The van der Waals surface area contributed by atoms with Crippen LogP contribution in [0.25, 0.3) is 0 Å². The van der Waals surface area contributed by atoms with Crippen molar-refractivity contribution in [1.29, 1.82) is 0 Å². The van der Waals surface area contributed by atoms with Crippen molar-refractivity contribution >= 4 is 29.7 Å². The molecule has 1 heterocycles. The Bertz CT molecular complexity index is 924. The molecule has 1 aromatic carbocycles. The van der Waals surface area contributed by atoms with Crippen molar-refractivity contribution in [3.8, 4) is 5.75 Å². The molecule has 5 atom stereocenters. The van der Waals surface area contributed by atoms with Crippen molar-refractivity contribution in [2.75, 3.05) is 6.61 Å². The molecule has 0 spiro atoms. The third kappa shape index (κ3) is 9.01. The van der Waals surface area contributed by atoms with E-state index in [2.05, 4.69) is 0 Å². The minimum absolute atomic E-state index is 0.0721. The Morgan fingerprint density at radius 3 is 1.80 bits per heavy atom. The summed E-state index contributed by atoms with van der Waals surface area (Å²) < 4.78 is 32.9. The molecule has 0 bridgehead atoms. The van der Waals surface area contributed by atoms with E-state index in [1.165, 1.54) is 13.8 Å². The Balaban J connectivity index is 2.36. The first-order valence-electron chi connectivity index (χ1n) is 11.0. The van der Waals surface area contributed by atoms with Crippen molar-refractivity contribution in [2.45, 2.75) is 78.2 Å². The van der Waals surface area contributed by atoms with Gasteiger partial charge >= 0.3 is 23.9 Å². The Morgan fingerprint density at radius 2 is 1.29 bits per heavy atom. The third-order valence-corrected chi connectivity index (χ3v) is 4.89. The first-order chi connectivity index (χ1) is 16.5. The van der Waals surface area contributed by atoms with Crippen molar-refractivity contribution < 1.29 is 52.4 Å². The minimum atomic E-state index is -1.31. The van der Waals surface area contributed by atoms with Crippen molar-refractivity contribution in [1.82, 2.24) is 0 Å². The van der Waals surface area contributed by atoms with Gasteiger partial charge in [-0.25, -0.2) is 0 Å². The second kappa shape index (κ2) is 12.8. The molecule has 0 aromatic heterocycles. The SMILES string of the molecule is CC(=O)CCc1ccc(OC2OC(COC(C)=O)C(OC(C)=O)C(OC(C)=O)C2OC(C)=O)cc1. The molecule has 192 valence electrons. The van der Waals surface area contributed by atoms with E-state index in [9.17, 15) is 24.0 Å². The fraction of sp³-hybridized carbons (Fsp3) is 0.542. The predicted octanol–water partition coefficient (Wildman–Crippen LogP) is 1.67. The van der Waals surface area contributed by atoms with Gasteiger partial charge in [0.2, 0.25) is 12.4 Å². The number of rotatable bonds is 10. The van der Waals surface area contributed by atoms with Crippen LogP contribution in [0.15, 0.2) is 24.3 Å². The molecular weight excluding hydrogens is 464 g/mol. The van der Waals surface area contributed by atoms with Gasteiger partial charge in [-0.05, 0) is 31.0 Å². The van der Waals surface area contributed by atoms with E-state index >= 15 is 0 Å². The predicted molar refractivity (Wildman–Crippen MR) is 118 cm³/mol. The highest BCUT2D eigenvalue weighted by Crippen LogP contribution is 2.31. The van der Waals surface area contributed by atoms with Crippen molar-refractivity contribution in [3.05, 3.63) is 29.8 Å². The molecule has 1 fully saturated rings. The van der Waals surface area contributed by atoms with Crippen LogP contribution in [-0.4, -0.2) is 67.0 Å². The van der Waals surface area contributed by atoms with E-state index in [0.29, 0.717) is 18.6 Å². The topological polar surface area (TPSA) is 141 Å². The fourth-order valence-corrected chi connectivity index (χ4v) is 3.47. The summed E-state index contributed by atoms with van der Waals surface area (Å²) >= 11 is 0. The summed E-state index contributed by atoms with van der Waals surface area (Å²) in [6, 6.07) is 6.82. The summed E-state index contributed by atoms with van der Waals surface area (Å²) in [5.41, 5.74) is 0.911. The molecule has 0 saturated carbocycles. The second-order valence-corrected chi connectivity index (χ2v) is 8.03. The number of hydrogen-bond acceptors (Lipinski definition) is 11. The number of aryl methyl sites for hydroxylation is 1. The maximum absolute atomic E-state index is 11.9. The van der Waals surface area contributed by atoms with E-state index in [4.69, 9.17) is 28.4 Å². The summed E-state index contributed by atoms with van der Waals surface area (Å²) in [6.45, 7) is 5.80. The number of hydrogen-bond donors (Lipinski definition) is 0. The standard InChI is InChI=1S/C24H30O11/c1-13(25)6-7-18-8-10-19(11-9-18)34-24-23(33-17(5)29)22(32-16(4)28)21(31-15(3)27)20(35-24)12-30-14(2)26/h8-11,20-24H,6-7,12H2,1-5H3. The highest BCUT2D eigenvalue weighted by Gasteiger charge is 2.53. The zero-order valence-corrected chi connectivity index (χ0v) is 20.3. The summed E-state index contributed by atoms with van der Waals surface area (Å²) in [6.07, 6.45) is -5.32. The maximum Gasteiger partial charge on any atom is 0.303 e. The Labute approximate surface area is 202 Å². The molecule has 5 unspecified atom stereocenters. The second-order valence-electron chi connectivity index (χ2n) is 8.03. The average Bonchev–Trinajstić information content (AvgIpc) is 2.75. The van der Waals surface area contributed by atoms with Crippen molar-refractivity contribution in [3.63, 3.8) is 0 Å². The number of ketones is 1. The van der Waals surface area contributed by atoms with Crippen LogP contribution in [0.4, 0.5) is 0 Å². The number of esters is 4. The van der Waals surface area contributed by atoms with Gasteiger partial charge in [0.1, 0.15) is 24.2 Å². The molecule has 1 aromatic rings. The number of Topliss-reactive ketones (excluding diaryl/α,β-unsaturated/α-hetero) is 1. The quantitative estimate of drug-likeness (QED) is 0.346. The van der Waals surface area contributed by atoms with Gasteiger partial charge in [-0.3, -0.25) is 19.2 Å². The zero-order valence-electron chi connectivity index (χ0n) is 20.3. The monoisotopic (exact) mass is 494 g/mol. The van der Waals surface area contributed by atoms with E-state index in [0.717, 1.165) is 26.3 Å². The number of ether oxygens (including phenoxy) is 6. The van der Waals surface area contributed by atoms with Crippen LogP contribution in [0.2, 0.25) is 0 Å². The van der Waals surface area contributed by atoms with Gasteiger partial charge in [0.15, 0.2) is 12.2 Å². The van der Waals surface area contributed by atoms with E-state index < -0.39 is 54.6 Å². The number of carbonyl (C=O) groups is 5.